The zero-order chi connectivity index (χ0) is 38.1. The summed E-state index contributed by atoms with van der Waals surface area (Å²) in [5.41, 5.74) is 8.01. The van der Waals surface area contributed by atoms with E-state index in [4.69, 9.17) is 4.99 Å². The fourth-order valence-electron chi connectivity index (χ4n) is 6.80. The third kappa shape index (κ3) is 7.40. The van der Waals surface area contributed by atoms with E-state index in [1.54, 1.807) is 47.4 Å². The number of aliphatic imine (C=N–C) groups is 1. The summed E-state index contributed by atoms with van der Waals surface area (Å²) in [6, 6.07) is 23.7. The second kappa shape index (κ2) is 14.9. The van der Waals surface area contributed by atoms with E-state index in [-0.39, 0.29) is 30.3 Å². The maximum absolute atomic E-state index is 14.1. The molecule has 2 aromatic heterocycles. The molecule has 3 aromatic carbocycles. The van der Waals surface area contributed by atoms with Gasteiger partial charge in [-0.3, -0.25) is 29.4 Å². The molecule has 4 heterocycles. The van der Waals surface area contributed by atoms with Gasteiger partial charge in [0.05, 0.1) is 36.3 Å². The van der Waals surface area contributed by atoms with E-state index in [2.05, 4.69) is 39.4 Å². The first-order valence-corrected chi connectivity index (χ1v) is 18.0. The molecule has 274 valence electrons. The van der Waals surface area contributed by atoms with Crippen LogP contribution in [-0.2, 0) is 17.9 Å². The van der Waals surface area contributed by atoms with Crippen LogP contribution in [0.3, 0.4) is 0 Å². The van der Waals surface area contributed by atoms with Crippen molar-refractivity contribution in [2.24, 2.45) is 10.9 Å². The maximum atomic E-state index is 14.1. The van der Waals surface area contributed by atoms with Gasteiger partial charge in [0.25, 0.3) is 11.8 Å². The van der Waals surface area contributed by atoms with Gasteiger partial charge in [-0.15, -0.1) is 0 Å². The van der Waals surface area contributed by atoms with Crippen molar-refractivity contribution in [3.8, 4) is 0 Å². The lowest BCUT2D eigenvalue weighted by atomic mass is 10.0. The number of hydrogen-bond acceptors (Lipinski definition) is 8. The number of aryl methyl sites for hydroxylation is 2. The van der Waals surface area contributed by atoms with Crippen LogP contribution in [0.2, 0.25) is 0 Å². The fourth-order valence-corrected chi connectivity index (χ4v) is 6.80. The lowest BCUT2D eigenvalue weighted by Gasteiger charge is -2.35. The highest BCUT2D eigenvalue weighted by atomic mass is 16.2. The Bertz CT molecular complexity index is 2270. The normalized spacial score (nSPS) is 15.4. The van der Waals surface area contributed by atoms with Crippen LogP contribution in [0, 0.1) is 19.8 Å². The number of fused-ring (bicyclic) bond motifs is 2. The maximum Gasteiger partial charge on any atom is 0.330 e. The molecule has 0 radical (unpaired) electrons. The standard InChI is InChI=1S/C42H43N9O3/c1-25(2)18-35-40(53)50(23-29-10-8-7-9-11-29)37-19-30(14-17-34(37)28(5)45-35)39(52)46-32-15-12-26(3)36(20-32)51-24-31-21-44-41(48-38(31)49(6)42(51)54)47-33-16-13-27(4)43-22-33/h7-17,19-22,25,35H,18,23-24H2,1-6H3,(H,46,52)(H,44,47,48)/t35-/m0/s1. The molecule has 2 N–H and O–H groups in total. The third-order valence-electron chi connectivity index (χ3n) is 9.65. The van der Waals surface area contributed by atoms with Crippen LogP contribution in [-0.4, -0.2) is 51.6 Å². The summed E-state index contributed by atoms with van der Waals surface area (Å²) in [5, 5.41) is 6.18. The number of hydrogen-bond donors (Lipinski definition) is 2. The average molecular weight is 722 g/mol. The van der Waals surface area contributed by atoms with Crippen LogP contribution in [0.5, 0.6) is 0 Å². The summed E-state index contributed by atoms with van der Waals surface area (Å²) >= 11 is 0. The summed E-state index contributed by atoms with van der Waals surface area (Å²) in [7, 11) is 1.68. The Kier molecular flexibility index (Phi) is 9.92. The van der Waals surface area contributed by atoms with E-state index in [0.29, 0.717) is 47.4 Å². The summed E-state index contributed by atoms with van der Waals surface area (Å²) < 4.78 is 0. The second-order valence-electron chi connectivity index (χ2n) is 14.2. The van der Waals surface area contributed by atoms with Gasteiger partial charge in [-0.05, 0) is 80.6 Å². The molecule has 12 nitrogen and oxygen atoms in total. The number of benzene rings is 3. The first-order valence-electron chi connectivity index (χ1n) is 18.0. The number of aromatic nitrogens is 3. The number of carbonyl (C=O) groups excluding carboxylic acids is 3. The van der Waals surface area contributed by atoms with E-state index in [1.165, 1.54) is 4.90 Å². The van der Waals surface area contributed by atoms with Crippen molar-refractivity contribution in [1.29, 1.82) is 0 Å². The van der Waals surface area contributed by atoms with Gasteiger partial charge >= 0.3 is 6.03 Å². The molecule has 0 saturated carbocycles. The van der Waals surface area contributed by atoms with Crippen molar-refractivity contribution in [3.63, 3.8) is 0 Å². The molecular weight excluding hydrogens is 679 g/mol. The molecule has 0 saturated heterocycles. The van der Waals surface area contributed by atoms with Crippen molar-refractivity contribution in [2.75, 3.05) is 32.4 Å². The number of rotatable bonds is 9. The number of anilines is 6. The first kappa shape index (κ1) is 36.0. The van der Waals surface area contributed by atoms with E-state index < -0.39 is 6.04 Å². The molecule has 2 aliphatic rings. The third-order valence-corrected chi connectivity index (χ3v) is 9.65. The monoisotopic (exact) mass is 721 g/mol. The first-order chi connectivity index (χ1) is 25.9. The molecule has 4 amide bonds. The van der Waals surface area contributed by atoms with Crippen molar-refractivity contribution in [2.45, 2.75) is 60.2 Å². The Morgan fingerprint density at radius 1 is 0.889 bits per heavy atom. The Labute approximate surface area is 315 Å². The van der Waals surface area contributed by atoms with Crippen LogP contribution in [0.25, 0.3) is 0 Å². The molecule has 2 aliphatic heterocycles. The van der Waals surface area contributed by atoms with Gasteiger partial charge in [0.15, 0.2) is 0 Å². The van der Waals surface area contributed by atoms with E-state index in [1.807, 2.05) is 81.4 Å². The van der Waals surface area contributed by atoms with Gasteiger partial charge in [0.2, 0.25) is 5.95 Å². The number of nitrogens with zero attached hydrogens (tertiary/aromatic N) is 7. The smallest absolute Gasteiger partial charge is 0.323 e. The SMILES string of the molecule is CC1=N[C@@H](CC(C)C)C(=O)N(Cc2ccccc2)c2cc(C(=O)Nc3ccc(C)c(N4Cc5cnc(Nc6ccc(C)nc6)nc5N(C)C4=O)c3)ccc21. The highest BCUT2D eigenvalue weighted by Gasteiger charge is 2.33. The predicted octanol–water partition coefficient (Wildman–Crippen LogP) is 7.83. The summed E-state index contributed by atoms with van der Waals surface area (Å²) in [6.07, 6.45) is 4.04. The van der Waals surface area contributed by atoms with Crippen LogP contribution in [0.15, 0.2) is 96.2 Å². The van der Waals surface area contributed by atoms with Gasteiger partial charge in [-0.25, -0.2) is 9.78 Å². The van der Waals surface area contributed by atoms with Crippen molar-refractivity contribution >= 4 is 58.1 Å². The highest BCUT2D eigenvalue weighted by Crippen LogP contribution is 2.35. The van der Waals surface area contributed by atoms with Gasteiger partial charge < -0.3 is 15.5 Å². The van der Waals surface area contributed by atoms with Gasteiger partial charge in [-0.2, -0.15) is 4.98 Å². The number of nitrogens with one attached hydrogen (secondary N) is 2. The Morgan fingerprint density at radius 2 is 1.67 bits per heavy atom. The van der Waals surface area contributed by atoms with E-state index >= 15 is 0 Å². The molecular formula is C42H43N9O3. The largest absolute Gasteiger partial charge is 0.330 e. The van der Waals surface area contributed by atoms with Crippen molar-refractivity contribution in [1.82, 2.24) is 15.0 Å². The molecule has 0 bridgehead atoms. The minimum Gasteiger partial charge on any atom is -0.323 e. The van der Waals surface area contributed by atoms with Crippen molar-refractivity contribution in [3.05, 3.63) is 125 Å². The lowest BCUT2D eigenvalue weighted by molar-refractivity contribution is -0.120. The predicted molar refractivity (Wildman–Crippen MR) is 213 cm³/mol. The molecule has 54 heavy (non-hydrogen) atoms. The molecule has 7 rings (SSSR count). The van der Waals surface area contributed by atoms with Crippen LogP contribution in [0.4, 0.5) is 39.3 Å². The minimum atomic E-state index is -0.519. The number of pyridine rings is 1. The van der Waals surface area contributed by atoms with E-state index in [9.17, 15) is 14.4 Å². The van der Waals surface area contributed by atoms with Gasteiger partial charge in [0, 0.05) is 47.0 Å². The molecule has 0 aliphatic carbocycles. The zero-order valence-corrected chi connectivity index (χ0v) is 31.3. The molecule has 0 spiro atoms. The van der Waals surface area contributed by atoms with Crippen molar-refractivity contribution < 1.29 is 14.4 Å². The Hall–Kier alpha value is -6.43. The number of amides is 4. The molecule has 0 fully saturated rings. The number of urea groups is 1. The molecule has 5 aromatic rings. The summed E-state index contributed by atoms with van der Waals surface area (Å²) in [4.78, 5) is 65.0. The Balaban J connectivity index is 1.14. The zero-order valence-electron chi connectivity index (χ0n) is 31.3. The minimum absolute atomic E-state index is 0.0921. The molecule has 0 unspecified atom stereocenters. The molecule has 1 atom stereocenters. The average Bonchev–Trinajstić information content (AvgIpc) is 3.25. The molecule has 12 heteroatoms. The quantitative estimate of drug-likeness (QED) is 0.158. The number of carbonyl (C=O) groups is 3. The Morgan fingerprint density at radius 3 is 2.41 bits per heavy atom. The van der Waals surface area contributed by atoms with Crippen LogP contribution in [0.1, 0.15) is 65.5 Å². The number of benzodiazepines with no additional fused rings is 1. The lowest BCUT2D eigenvalue weighted by Crippen LogP contribution is -2.46. The van der Waals surface area contributed by atoms with Crippen LogP contribution >= 0.6 is 0 Å². The highest BCUT2D eigenvalue weighted by molar-refractivity contribution is 6.14. The topological polar surface area (TPSA) is 136 Å². The van der Waals surface area contributed by atoms with Gasteiger partial charge in [-0.1, -0.05) is 56.3 Å². The summed E-state index contributed by atoms with van der Waals surface area (Å²) in [5.74, 6) is 0.705. The fraction of sp³-hybridized carbons (Fsp3) is 0.262. The second-order valence-corrected chi connectivity index (χ2v) is 14.2. The van der Waals surface area contributed by atoms with Crippen LogP contribution < -0.4 is 25.3 Å². The summed E-state index contributed by atoms with van der Waals surface area (Å²) in [6.45, 7) is 10.5. The van der Waals surface area contributed by atoms with E-state index in [0.717, 1.165) is 39.3 Å². The van der Waals surface area contributed by atoms with Gasteiger partial charge in [0.1, 0.15) is 11.9 Å².